The number of carboxylic acid groups (broad SMARTS) is 1. The van der Waals surface area contributed by atoms with Gasteiger partial charge in [-0.15, -0.1) is 0 Å². The summed E-state index contributed by atoms with van der Waals surface area (Å²) in [6, 6.07) is -2.30. The van der Waals surface area contributed by atoms with Crippen LogP contribution in [0.15, 0.2) is 0 Å². The third-order valence-electron chi connectivity index (χ3n) is 2.49. The second-order valence-corrected chi connectivity index (χ2v) is 5.16. The Bertz CT molecular complexity index is 351. The first-order valence-corrected chi connectivity index (χ1v) is 7.42. The number of nitrogens with one attached hydrogen (secondary N) is 2. The average molecular weight is 307 g/mol. The molecule has 0 aliphatic rings. The van der Waals surface area contributed by atoms with Gasteiger partial charge in [0.1, 0.15) is 6.04 Å². The largest absolute Gasteiger partial charge is 0.480 e. The lowest BCUT2D eigenvalue weighted by Crippen LogP contribution is -2.55. The fraction of sp³-hybridized carbons (Fsp3) is 0.727. The Labute approximate surface area is 121 Å². The van der Waals surface area contributed by atoms with E-state index in [1.807, 2.05) is 6.26 Å². The summed E-state index contributed by atoms with van der Waals surface area (Å²) in [6.07, 6.45) is 0.934. The van der Waals surface area contributed by atoms with Crippen molar-refractivity contribution in [2.75, 3.05) is 18.6 Å². The highest BCUT2D eigenvalue weighted by Crippen LogP contribution is 2.03. The summed E-state index contributed by atoms with van der Waals surface area (Å²) in [6.45, 7) is 0.996. The van der Waals surface area contributed by atoms with Crippen LogP contribution in [0.2, 0.25) is 0 Å². The molecule has 0 aliphatic carbocycles. The molecular formula is C11H21N3O5S. The Morgan fingerprint density at radius 1 is 1.30 bits per heavy atom. The van der Waals surface area contributed by atoms with Crippen LogP contribution >= 0.6 is 11.8 Å². The van der Waals surface area contributed by atoms with E-state index in [9.17, 15) is 19.5 Å². The topological polar surface area (TPSA) is 142 Å². The molecule has 20 heavy (non-hydrogen) atoms. The Morgan fingerprint density at radius 3 is 2.30 bits per heavy atom. The van der Waals surface area contributed by atoms with Crippen molar-refractivity contribution in [3.63, 3.8) is 0 Å². The normalized spacial score (nSPS) is 15.0. The van der Waals surface area contributed by atoms with Crippen LogP contribution in [0, 0.1) is 0 Å². The lowest BCUT2D eigenvalue weighted by molar-refractivity contribution is -0.145. The molecule has 0 heterocycles. The third-order valence-corrected chi connectivity index (χ3v) is 3.14. The SMILES string of the molecule is CSCCC(NC(=O)CN)C(=O)NC(C(=O)O)C(C)O. The van der Waals surface area contributed by atoms with Crippen LogP contribution in [0.3, 0.4) is 0 Å². The van der Waals surface area contributed by atoms with Crippen molar-refractivity contribution in [2.45, 2.75) is 31.5 Å². The highest BCUT2D eigenvalue weighted by Gasteiger charge is 2.28. The van der Waals surface area contributed by atoms with Gasteiger partial charge in [0.05, 0.1) is 12.6 Å². The van der Waals surface area contributed by atoms with Gasteiger partial charge in [0.2, 0.25) is 11.8 Å². The number of nitrogens with two attached hydrogens (primary N) is 1. The number of thioether (sulfide) groups is 1. The number of hydrogen-bond acceptors (Lipinski definition) is 6. The molecule has 0 aromatic carbocycles. The third kappa shape index (κ3) is 6.73. The molecular weight excluding hydrogens is 286 g/mol. The van der Waals surface area contributed by atoms with Crippen LogP contribution in [0.4, 0.5) is 0 Å². The maximum Gasteiger partial charge on any atom is 0.328 e. The Balaban J connectivity index is 4.74. The van der Waals surface area contributed by atoms with Crippen LogP contribution in [-0.4, -0.2) is 64.7 Å². The number of carboxylic acids is 1. The van der Waals surface area contributed by atoms with Crippen molar-refractivity contribution in [2.24, 2.45) is 5.73 Å². The number of amides is 2. The van der Waals surface area contributed by atoms with Crippen molar-refractivity contribution >= 4 is 29.5 Å². The first-order chi connectivity index (χ1) is 9.33. The average Bonchev–Trinajstić information content (AvgIpc) is 2.39. The van der Waals surface area contributed by atoms with Gasteiger partial charge in [-0.2, -0.15) is 11.8 Å². The van der Waals surface area contributed by atoms with Gasteiger partial charge in [0, 0.05) is 0 Å². The summed E-state index contributed by atoms with van der Waals surface area (Å²) in [5.74, 6) is -1.90. The zero-order valence-electron chi connectivity index (χ0n) is 11.5. The van der Waals surface area contributed by atoms with Crippen molar-refractivity contribution < 1.29 is 24.6 Å². The van der Waals surface area contributed by atoms with Gasteiger partial charge in [-0.1, -0.05) is 0 Å². The van der Waals surface area contributed by atoms with E-state index in [-0.39, 0.29) is 6.54 Å². The monoisotopic (exact) mass is 307 g/mol. The molecule has 0 rings (SSSR count). The van der Waals surface area contributed by atoms with Gasteiger partial charge in [-0.3, -0.25) is 9.59 Å². The van der Waals surface area contributed by atoms with Crippen LogP contribution in [-0.2, 0) is 14.4 Å². The molecule has 6 N–H and O–H groups in total. The molecule has 0 fully saturated rings. The van der Waals surface area contributed by atoms with Gasteiger partial charge in [0.25, 0.3) is 0 Å². The molecule has 9 heteroatoms. The van der Waals surface area contributed by atoms with Crippen LogP contribution in [0.1, 0.15) is 13.3 Å². The number of aliphatic hydroxyl groups is 1. The Kier molecular flexibility index (Phi) is 8.93. The molecule has 116 valence electrons. The number of carbonyl (C=O) groups is 3. The molecule has 0 bridgehead atoms. The summed E-state index contributed by atoms with van der Waals surface area (Å²) in [7, 11) is 0. The number of rotatable bonds is 9. The van der Waals surface area contributed by atoms with E-state index in [0.29, 0.717) is 12.2 Å². The number of hydrogen-bond donors (Lipinski definition) is 5. The minimum atomic E-state index is -1.42. The van der Waals surface area contributed by atoms with Gasteiger partial charge >= 0.3 is 5.97 Å². The maximum absolute atomic E-state index is 12.0. The molecule has 3 atom stereocenters. The summed E-state index contributed by atoms with van der Waals surface area (Å²) in [4.78, 5) is 34.1. The molecule has 0 aromatic heterocycles. The Hall–Kier alpha value is -1.32. The summed E-state index contributed by atoms with van der Waals surface area (Å²) in [5.41, 5.74) is 5.16. The standard InChI is InChI=1S/C11H21N3O5S/c1-6(15)9(11(18)19)14-10(17)7(3-4-20-2)13-8(16)5-12/h6-7,9,15H,3-5,12H2,1-2H3,(H,13,16)(H,14,17)(H,18,19). The minimum absolute atomic E-state index is 0.262. The predicted octanol–water partition coefficient (Wildman–Crippen LogP) is -1.87. The first kappa shape index (κ1) is 18.7. The Morgan fingerprint density at radius 2 is 1.90 bits per heavy atom. The van der Waals surface area contributed by atoms with Crippen LogP contribution < -0.4 is 16.4 Å². The molecule has 0 aliphatic heterocycles. The molecule has 0 spiro atoms. The molecule has 8 nitrogen and oxygen atoms in total. The fourth-order valence-corrected chi connectivity index (χ4v) is 1.87. The highest BCUT2D eigenvalue weighted by atomic mass is 32.2. The zero-order valence-corrected chi connectivity index (χ0v) is 12.3. The zero-order chi connectivity index (χ0) is 15.7. The lowest BCUT2D eigenvalue weighted by atomic mass is 10.1. The second kappa shape index (κ2) is 9.56. The van der Waals surface area contributed by atoms with Crippen LogP contribution in [0.5, 0.6) is 0 Å². The summed E-state index contributed by atoms with van der Waals surface area (Å²) >= 11 is 1.49. The van der Waals surface area contributed by atoms with E-state index in [4.69, 9.17) is 10.8 Å². The number of aliphatic carboxylic acids is 1. The predicted molar refractivity (Wildman–Crippen MR) is 75.2 cm³/mol. The smallest absolute Gasteiger partial charge is 0.328 e. The van der Waals surface area contributed by atoms with Gasteiger partial charge in [0.15, 0.2) is 6.04 Å². The van der Waals surface area contributed by atoms with Crippen molar-refractivity contribution in [3.05, 3.63) is 0 Å². The van der Waals surface area contributed by atoms with Crippen LogP contribution in [0.25, 0.3) is 0 Å². The lowest BCUT2D eigenvalue weighted by Gasteiger charge is -2.22. The molecule has 2 amide bonds. The van der Waals surface area contributed by atoms with Crippen molar-refractivity contribution in [3.8, 4) is 0 Å². The van der Waals surface area contributed by atoms with Crippen molar-refractivity contribution in [1.29, 1.82) is 0 Å². The summed E-state index contributed by atoms with van der Waals surface area (Å²) in [5, 5.41) is 22.8. The van der Waals surface area contributed by atoms with Gasteiger partial charge < -0.3 is 26.6 Å². The van der Waals surface area contributed by atoms with E-state index in [1.54, 1.807) is 0 Å². The highest BCUT2D eigenvalue weighted by molar-refractivity contribution is 7.98. The van der Waals surface area contributed by atoms with Gasteiger partial charge in [-0.25, -0.2) is 4.79 Å². The fourth-order valence-electron chi connectivity index (χ4n) is 1.40. The number of aliphatic hydroxyl groups excluding tert-OH is 1. The first-order valence-electron chi connectivity index (χ1n) is 6.03. The van der Waals surface area contributed by atoms with Gasteiger partial charge in [-0.05, 0) is 25.4 Å². The second-order valence-electron chi connectivity index (χ2n) is 4.17. The maximum atomic E-state index is 12.0. The molecule has 0 aromatic rings. The van der Waals surface area contributed by atoms with E-state index < -0.39 is 36.0 Å². The summed E-state index contributed by atoms with van der Waals surface area (Å²) < 4.78 is 0. The van der Waals surface area contributed by atoms with Crippen molar-refractivity contribution in [1.82, 2.24) is 10.6 Å². The quantitative estimate of drug-likeness (QED) is 0.336. The van der Waals surface area contributed by atoms with E-state index in [2.05, 4.69) is 10.6 Å². The minimum Gasteiger partial charge on any atom is -0.480 e. The molecule has 0 saturated carbocycles. The van der Waals surface area contributed by atoms with E-state index in [1.165, 1.54) is 18.7 Å². The molecule has 3 unspecified atom stereocenters. The van der Waals surface area contributed by atoms with E-state index >= 15 is 0 Å². The number of carbonyl (C=O) groups excluding carboxylic acids is 2. The molecule has 0 saturated heterocycles. The van der Waals surface area contributed by atoms with E-state index in [0.717, 1.165) is 0 Å². The molecule has 0 radical (unpaired) electrons.